The van der Waals surface area contributed by atoms with Gasteiger partial charge in [0.1, 0.15) is 19.8 Å². The molecule has 2 aromatic carbocycles. The zero-order chi connectivity index (χ0) is 25.8. The van der Waals surface area contributed by atoms with Crippen LogP contribution in [0.15, 0.2) is 65.8 Å². The van der Waals surface area contributed by atoms with Crippen LogP contribution in [0.5, 0.6) is 11.5 Å². The van der Waals surface area contributed by atoms with E-state index in [0.29, 0.717) is 24.7 Å². The fraction of sp³-hybridized carbons (Fsp3) is 0.227. The number of hydrogen-bond donors (Lipinski definition) is 2. The van der Waals surface area contributed by atoms with Gasteiger partial charge in [0.25, 0.3) is 10.0 Å². The fourth-order valence-corrected chi connectivity index (χ4v) is 5.29. The Morgan fingerprint density at radius 2 is 1.64 bits per heavy atom. The third-order valence-electron chi connectivity index (χ3n) is 5.04. The normalized spacial score (nSPS) is 13.0. The van der Waals surface area contributed by atoms with Gasteiger partial charge in [-0.1, -0.05) is 0 Å². The van der Waals surface area contributed by atoms with Crippen LogP contribution in [0.25, 0.3) is 0 Å². The van der Waals surface area contributed by atoms with E-state index in [9.17, 15) is 21.6 Å². The van der Waals surface area contributed by atoms with Crippen LogP contribution in [0.4, 0.5) is 17.3 Å². The predicted molar refractivity (Wildman–Crippen MR) is 132 cm³/mol. The number of carbonyl (C=O) groups is 1. The lowest BCUT2D eigenvalue weighted by Gasteiger charge is -2.25. The Labute approximate surface area is 208 Å². The van der Waals surface area contributed by atoms with Gasteiger partial charge in [-0.2, -0.15) is 0 Å². The number of fused-ring (bicyclic) bond motifs is 1. The van der Waals surface area contributed by atoms with Crippen molar-refractivity contribution in [2.75, 3.05) is 39.9 Å². The van der Waals surface area contributed by atoms with E-state index in [0.717, 1.165) is 4.31 Å². The Kier molecular flexibility index (Phi) is 7.26. The molecule has 0 fully saturated rings. The summed E-state index contributed by atoms with van der Waals surface area (Å²) in [6.07, 6.45) is 2.80. The average Bonchev–Trinajstić information content (AvgIpc) is 2.87. The molecule has 1 aliphatic rings. The summed E-state index contributed by atoms with van der Waals surface area (Å²) in [6, 6.07) is 11.6. The van der Waals surface area contributed by atoms with Gasteiger partial charge in [-0.05, 0) is 49.4 Å². The lowest BCUT2D eigenvalue weighted by atomic mass is 10.2. The number of nitrogens with one attached hydrogen (secondary N) is 2. The standard InChI is InChI=1S/C22H23N5O7S2/c1-2-35(29,30)27(17-6-9-19-20(14-17)34-13-12-33-19)15-21(28)25-16-4-7-18(8-5-16)36(31,32)26-22-23-10-3-11-24-22/h3-11,14H,2,12-13,15H2,1H3,(H,25,28)(H,23,24,26). The van der Waals surface area contributed by atoms with Crippen molar-refractivity contribution in [2.45, 2.75) is 11.8 Å². The highest BCUT2D eigenvalue weighted by Crippen LogP contribution is 2.34. The molecule has 190 valence electrons. The van der Waals surface area contributed by atoms with Gasteiger partial charge in [0.05, 0.1) is 16.3 Å². The maximum Gasteiger partial charge on any atom is 0.264 e. The maximum absolute atomic E-state index is 12.8. The van der Waals surface area contributed by atoms with Crippen LogP contribution in [-0.4, -0.2) is 58.2 Å². The molecule has 0 spiro atoms. The van der Waals surface area contributed by atoms with E-state index in [1.165, 1.54) is 55.7 Å². The van der Waals surface area contributed by atoms with Gasteiger partial charge in [-0.25, -0.2) is 31.5 Å². The molecule has 2 heterocycles. The highest BCUT2D eigenvalue weighted by atomic mass is 32.2. The van der Waals surface area contributed by atoms with Gasteiger partial charge in [0.15, 0.2) is 11.5 Å². The second-order valence-corrected chi connectivity index (χ2v) is 11.3. The lowest BCUT2D eigenvalue weighted by molar-refractivity contribution is -0.114. The third kappa shape index (κ3) is 5.83. The van der Waals surface area contributed by atoms with Crippen molar-refractivity contribution in [2.24, 2.45) is 0 Å². The van der Waals surface area contributed by atoms with Crippen molar-refractivity contribution >= 4 is 43.3 Å². The molecular weight excluding hydrogens is 510 g/mol. The van der Waals surface area contributed by atoms with Crippen molar-refractivity contribution in [1.29, 1.82) is 0 Å². The molecule has 14 heteroatoms. The monoisotopic (exact) mass is 533 g/mol. The van der Waals surface area contributed by atoms with E-state index in [1.807, 2.05) is 0 Å². The van der Waals surface area contributed by atoms with Crippen LogP contribution in [0.1, 0.15) is 6.92 Å². The first kappa shape index (κ1) is 25.2. The average molecular weight is 534 g/mol. The lowest BCUT2D eigenvalue weighted by Crippen LogP contribution is -2.39. The smallest absolute Gasteiger partial charge is 0.264 e. The molecule has 0 radical (unpaired) electrons. The SMILES string of the molecule is CCS(=O)(=O)N(CC(=O)Nc1ccc(S(=O)(=O)Nc2ncccn2)cc1)c1ccc2c(c1)OCCO2. The zero-order valence-corrected chi connectivity index (χ0v) is 20.8. The van der Waals surface area contributed by atoms with Crippen molar-refractivity contribution in [3.05, 3.63) is 60.9 Å². The summed E-state index contributed by atoms with van der Waals surface area (Å²) in [5, 5.41) is 2.59. The molecule has 4 rings (SSSR count). The van der Waals surface area contributed by atoms with Crippen LogP contribution in [-0.2, 0) is 24.8 Å². The molecule has 0 saturated heterocycles. The van der Waals surface area contributed by atoms with Crippen LogP contribution in [0.3, 0.4) is 0 Å². The quantitative estimate of drug-likeness (QED) is 0.419. The second-order valence-electron chi connectivity index (χ2n) is 7.49. The number of ether oxygens (including phenoxy) is 2. The second kappa shape index (κ2) is 10.4. The molecule has 0 aliphatic carbocycles. The van der Waals surface area contributed by atoms with Gasteiger partial charge in [-0.3, -0.25) is 9.10 Å². The summed E-state index contributed by atoms with van der Waals surface area (Å²) in [5.41, 5.74) is 0.540. The fourth-order valence-electron chi connectivity index (χ4n) is 3.27. The van der Waals surface area contributed by atoms with Crippen molar-refractivity contribution in [3.8, 4) is 11.5 Å². The Morgan fingerprint density at radius 1 is 0.972 bits per heavy atom. The number of rotatable bonds is 9. The number of amides is 1. The number of aromatic nitrogens is 2. The summed E-state index contributed by atoms with van der Waals surface area (Å²) in [6.45, 7) is 1.70. The summed E-state index contributed by atoms with van der Waals surface area (Å²) in [7, 11) is -7.75. The largest absolute Gasteiger partial charge is 0.486 e. The van der Waals surface area contributed by atoms with Gasteiger partial charge < -0.3 is 14.8 Å². The van der Waals surface area contributed by atoms with Gasteiger partial charge in [0, 0.05) is 24.1 Å². The molecule has 0 saturated carbocycles. The molecule has 1 amide bonds. The number of sulfonamides is 2. The molecule has 2 N–H and O–H groups in total. The van der Waals surface area contributed by atoms with E-state index in [-0.39, 0.29) is 28.0 Å². The van der Waals surface area contributed by atoms with E-state index < -0.39 is 32.5 Å². The summed E-state index contributed by atoms with van der Waals surface area (Å²) >= 11 is 0. The molecule has 36 heavy (non-hydrogen) atoms. The predicted octanol–water partition coefficient (Wildman–Crippen LogP) is 1.84. The van der Waals surface area contributed by atoms with Crippen molar-refractivity contribution in [3.63, 3.8) is 0 Å². The first-order chi connectivity index (χ1) is 17.2. The third-order valence-corrected chi connectivity index (χ3v) is 8.13. The summed E-state index contributed by atoms with van der Waals surface area (Å²) < 4.78 is 64.8. The van der Waals surface area contributed by atoms with Gasteiger partial charge >= 0.3 is 0 Å². The summed E-state index contributed by atoms with van der Waals surface area (Å²) in [5.74, 6) is -0.0348. The minimum atomic E-state index is -3.94. The topological polar surface area (TPSA) is 157 Å². The van der Waals surface area contributed by atoms with E-state index in [2.05, 4.69) is 20.0 Å². The van der Waals surface area contributed by atoms with Crippen molar-refractivity contribution < 1.29 is 31.1 Å². The van der Waals surface area contributed by atoms with Crippen LogP contribution in [0, 0.1) is 0 Å². The van der Waals surface area contributed by atoms with Crippen LogP contribution < -0.4 is 23.8 Å². The number of nitrogens with zero attached hydrogens (tertiary/aromatic N) is 3. The Hall–Kier alpha value is -3.91. The highest BCUT2D eigenvalue weighted by Gasteiger charge is 2.25. The van der Waals surface area contributed by atoms with E-state index in [4.69, 9.17) is 9.47 Å². The Bertz CT molecular complexity index is 1450. The molecule has 0 atom stereocenters. The van der Waals surface area contributed by atoms with Crippen LogP contribution >= 0.6 is 0 Å². The Morgan fingerprint density at radius 3 is 2.31 bits per heavy atom. The molecule has 0 unspecified atom stereocenters. The van der Waals surface area contributed by atoms with Gasteiger partial charge in [-0.15, -0.1) is 0 Å². The molecular formula is C22H23N5O7S2. The minimum Gasteiger partial charge on any atom is -0.486 e. The maximum atomic E-state index is 12.8. The molecule has 12 nitrogen and oxygen atoms in total. The molecule has 1 aromatic heterocycles. The zero-order valence-electron chi connectivity index (χ0n) is 19.1. The van der Waals surface area contributed by atoms with E-state index >= 15 is 0 Å². The first-order valence-corrected chi connectivity index (χ1v) is 13.9. The minimum absolute atomic E-state index is 0.0700. The molecule has 0 bridgehead atoms. The van der Waals surface area contributed by atoms with Crippen molar-refractivity contribution in [1.82, 2.24) is 9.97 Å². The molecule has 1 aliphatic heterocycles. The number of benzene rings is 2. The number of hydrogen-bond acceptors (Lipinski definition) is 9. The van der Waals surface area contributed by atoms with E-state index in [1.54, 1.807) is 12.1 Å². The van der Waals surface area contributed by atoms with Crippen LogP contribution in [0.2, 0.25) is 0 Å². The van der Waals surface area contributed by atoms with Gasteiger partial charge in [0.2, 0.25) is 21.9 Å². The summed E-state index contributed by atoms with van der Waals surface area (Å²) in [4.78, 5) is 20.3. The number of carbonyl (C=O) groups excluding carboxylic acids is 1. The highest BCUT2D eigenvalue weighted by molar-refractivity contribution is 7.93. The first-order valence-electron chi connectivity index (χ1n) is 10.8. The number of anilines is 3. The molecule has 3 aromatic rings. The Balaban J connectivity index is 1.48.